The van der Waals surface area contributed by atoms with E-state index in [9.17, 15) is 20.1 Å². The van der Waals surface area contributed by atoms with Gasteiger partial charge in [0.05, 0.1) is 31.3 Å². The molecule has 0 saturated heterocycles. The third-order valence-electron chi connectivity index (χ3n) is 8.91. The maximum absolute atomic E-state index is 12.4. The van der Waals surface area contributed by atoms with E-state index in [1.807, 2.05) is 6.08 Å². The molecule has 5 heteroatoms. The van der Waals surface area contributed by atoms with E-state index in [0.717, 1.165) is 38.5 Å². The average Bonchev–Trinajstić information content (AvgIpc) is 3.05. The molecule has 0 bridgehead atoms. The van der Waals surface area contributed by atoms with Gasteiger partial charge in [0.2, 0.25) is 5.91 Å². The molecule has 4 N–H and O–H groups in total. The molecule has 0 saturated carbocycles. The Labute approximate surface area is 285 Å². The number of aliphatic hydroxyl groups is 3. The normalized spacial score (nSPS) is 14.1. The van der Waals surface area contributed by atoms with Crippen molar-refractivity contribution in [2.24, 2.45) is 0 Å². The van der Waals surface area contributed by atoms with Gasteiger partial charge in [0.25, 0.3) is 0 Å². The van der Waals surface area contributed by atoms with Gasteiger partial charge in [-0.25, -0.2) is 0 Å². The van der Waals surface area contributed by atoms with Gasteiger partial charge in [0.15, 0.2) is 0 Å². The van der Waals surface area contributed by atoms with Crippen LogP contribution >= 0.6 is 0 Å². The zero-order valence-electron chi connectivity index (χ0n) is 30.5. The van der Waals surface area contributed by atoms with Crippen molar-refractivity contribution >= 4 is 5.91 Å². The second-order valence-corrected chi connectivity index (χ2v) is 13.5. The van der Waals surface area contributed by atoms with Crippen molar-refractivity contribution in [3.8, 4) is 0 Å². The lowest BCUT2D eigenvalue weighted by Crippen LogP contribution is -2.45. The van der Waals surface area contributed by atoms with Crippen molar-refractivity contribution in [2.75, 3.05) is 6.61 Å². The summed E-state index contributed by atoms with van der Waals surface area (Å²) in [5, 5.41) is 33.1. The highest BCUT2D eigenvalue weighted by Crippen LogP contribution is 2.15. The van der Waals surface area contributed by atoms with Crippen molar-refractivity contribution < 1.29 is 20.1 Å². The van der Waals surface area contributed by atoms with Crippen molar-refractivity contribution in [1.82, 2.24) is 5.32 Å². The monoisotopic (exact) mass is 648 g/mol. The number of hydrogen-bond donors (Lipinski definition) is 4. The second kappa shape index (κ2) is 36.4. The number of hydrogen-bond acceptors (Lipinski definition) is 4. The Morgan fingerprint density at radius 3 is 1.39 bits per heavy atom. The highest BCUT2D eigenvalue weighted by atomic mass is 16.3. The summed E-state index contributed by atoms with van der Waals surface area (Å²) in [5.41, 5.74) is 0. The summed E-state index contributed by atoms with van der Waals surface area (Å²) < 4.78 is 0. The Balaban J connectivity index is 3.76. The molecule has 0 aromatic rings. The van der Waals surface area contributed by atoms with E-state index in [2.05, 4.69) is 43.5 Å². The standard InChI is InChI=1S/C41H77NO4/c1-3-5-7-9-11-13-15-17-19-21-22-24-26-28-30-32-34-38(44)36-41(46)42-39(37-43)40(45)35-33-31-29-27-25-23-20-18-16-14-12-10-8-6-4-2/h16,18,25,27,33,35,38-40,43-45H,3-15,17,19-24,26,28-32,34,36-37H2,1-2H3,(H,42,46)/b18-16+,27-25+,35-33+. The Bertz CT molecular complexity index is 719. The molecule has 1 amide bonds. The van der Waals surface area contributed by atoms with Crippen molar-refractivity contribution in [1.29, 1.82) is 0 Å². The topological polar surface area (TPSA) is 89.8 Å². The maximum atomic E-state index is 12.4. The first kappa shape index (κ1) is 44.6. The van der Waals surface area contributed by atoms with Crippen molar-refractivity contribution in [2.45, 2.75) is 212 Å². The Morgan fingerprint density at radius 1 is 0.543 bits per heavy atom. The van der Waals surface area contributed by atoms with Crippen LogP contribution in [0.15, 0.2) is 36.5 Å². The van der Waals surface area contributed by atoms with Crippen LogP contribution in [0.1, 0.15) is 194 Å². The van der Waals surface area contributed by atoms with Crippen LogP contribution in [0.25, 0.3) is 0 Å². The van der Waals surface area contributed by atoms with Crippen LogP contribution in [0, 0.1) is 0 Å². The predicted octanol–water partition coefficient (Wildman–Crippen LogP) is 10.8. The number of nitrogens with one attached hydrogen (secondary N) is 1. The Morgan fingerprint density at radius 2 is 0.935 bits per heavy atom. The molecule has 0 heterocycles. The quantitative estimate of drug-likeness (QED) is 0.0407. The summed E-state index contributed by atoms with van der Waals surface area (Å²) in [6.07, 6.45) is 44.1. The van der Waals surface area contributed by atoms with Crippen LogP contribution in [0.5, 0.6) is 0 Å². The van der Waals surface area contributed by atoms with E-state index in [-0.39, 0.29) is 18.9 Å². The van der Waals surface area contributed by atoms with E-state index in [1.165, 1.54) is 128 Å². The zero-order valence-corrected chi connectivity index (χ0v) is 30.5. The van der Waals surface area contributed by atoms with Gasteiger partial charge in [-0.05, 0) is 44.9 Å². The Hall–Kier alpha value is -1.43. The molecule has 0 radical (unpaired) electrons. The first-order valence-corrected chi connectivity index (χ1v) is 19.8. The molecule has 3 atom stereocenters. The maximum Gasteiger partial charge on any atom is 0.222 e. The molecule has 0 aromatic carbocycles. The summed E-state index contributed by atoms with van der Waals surface area (Å²) in [6, 6.07) is -0.763. The molecule has 0 spiro atoms. The van der Waals surface area contributed by atoms with Crippen LogP contribution in [0.3, 0.4) is 0 Å². The van der Waals surface area contributed by atoms with Crippen molar-refractivity contribution in [3.63, 3.8) is 0 Å². The number of carbonyl (C=O) groups is 1. The summed E-state index contributed by atoms with van der Waals surface area (Å²) >= 11 is 0. The minimum absolute atomic E-state index is 0.00458. The highest BCUT2D eigenvalue weighted by Gasteiger charge is 2.20. The van der Waals surface area contributed by atoms with Gasteiger partial charge < -0.3 is 20.6 Å². The molecule has 0 rings (SSSR count). The minimum Gasteiger partial charge on any atom is -0.394 e. The number of carbonyl (C=O) groups excluding carboxylic acids is 1. The first-order chi connectivity index (χ1) is 22.5. The fourth-order valence-electron chi connectivity index (χ4n) is 5.84. The summed E-state index contributed by atoms with van der Waals surface area (Å²) in [7, 11) is 0. The van der Waals surface area contributed by atoms with E-state index in [4.69, 9.17) is 0 Å². The van der Waals surface area contributed by atoms with E-state index >= 15 is 0 Å². The molecule has 0 fully saturated rings. The molecular formula is C41H77NO4. The molecule has 46 heavy (non-hydrogen) atoms. The van der Waals surface area contributed by atoms with Gasteiger partial charge in [0.1, 0.15) is 0 Å². The van der Waals surface area contributed by atoms with Crippen molar-refractivity contribution in [3.05, 3.63) is 36.5 Å². The highest BCUT2D eigenvalue weighted by molar-refractivity contribution is 5.76. The van der Waals surface area contributed by atoms with Crippen LogP contribution in [-0.4, -0.2) is 46.1 Å². The summed E-state index contributed by atoms with van der Waals surface area (Å²) in [6.45, 7) is 4.17. The van der Waals surface area contributed by atoms with Crippen LogP contribution in [-0.2, 0) is 4.79 Å². The number of allylic oxidation sites excluding steroid dienone is 5. The van der Waals surface area contributed by atoms with Crippen LogP contribution < -0.4 is 5.32 Å². The molecule has 3 unspecified atom stereocenters. The molecular weight excluding hydrogens is 570 g/mol. The number of amides is 1. The molecule has 0 aromatic heterocycles. The first-order valence-electron chi connectivity index (χ1n) is 19.8. The van der Waals surface area contributed by atoms with Gasteiger partial charge in [-0.3, -0.25) is 4.79 Å². The SMILES string of the molecule is CCCCCCC/C=C/CC/C=C/CC/C=C/C(O)C(CO)NC(=O)CC(O)CCCCCCCCCCCCCCCCCC. The van der Waals surface area contributed by atoms with Gasteiger partial charge >= 0.3 is 0 Å². The average molecular weight is 648 g/mol. The number of aliphatic hydroxyl groups excluding tert-OH is 3. The number of unbranched alkanes of at least 4 members (excludes halogenated alkanes) is 22. The predicted molar refractivity (Wildman–Crippen MR) is 199 cm³/mol. The largest absolute Gasteiger partial charge is 0.394 e. The lowest BCUT2D eigenvalue weighted by atomic mass is 10.0. The van der Waals surface area contributed by atoms with Gasteiger partial charge in [-0.1, -0.05) is 179 Å². The minimum atomic E-state index is -0.956. The lowest BCUT2D eigenvalue weighted by Gasteiger charge is -2.21. The molecule has 0 aliphatic rings. The number of rotatable bonds is 35. The molecule has 0 aliphatic carbocycles. The summed E-state index contributed by atoms with van der Waals surface area (Å²) in [4.78, 5) is 12.4. The fraction of sp³-hybridized carbons (Fsp3) is 0.829. The fourth-order valence-corrected chi connectivity index (χ4v) is 5.84. The van der Waals surface area contributed by atoms with E-state index in [1.54, 1.807) is 6.08 Å². The van der Waals surface area contributed by atoms with Crippen LogP contribution in [0.4, 0.5) is 0 Å². The van der Waals surface area contributed by atoms with Gasteiger partial charge in [0, 0.05) is 0 Å². The lowest BCUT2D eigenvalue weighted by molar-refractivity contribution is -0.124. The second-order valence-electron chi connectivity index (χ2n) is 13.5. The zero-order chi connectivity index (χ0) is 33.8. The Kier molecular flexibility index (Phi) is 35.3. The van der Waals surface area contributed by atoms with E-state index in [0.29, 0.717) is 6.42 Å². The van der Waals surface area contributed by atoms with Crippen LogP contribution in [0.2, 0.25) is 0 Å². The molecule has 0 aliphatic heterocycles. The van der Waals surface area contributed by atoms with Gasteiger partial charge in [-0.15, -0.1) is 0 Å². The smallest absolute Gasteiger partial charge is 0.222 e. The third kappa shape index (κ3) is 32.5. The van der Waals surface area contributed by atoms with E-state index < -0.39 is 18.2 Å². The molecule has 270 valence electrons. The summed E-state index contributed by atoms with van der Waals surface area (Å²) in [5.74, 6) is -0.330. The third-order valence-corrected chi connectivity index (χ3v) is 8.91. The molecule has 5 nitrogen and oxygen atoms in total. The van der Waals surface area contributed by atoms with Gasteiger partial charge in [-0.2, -0.15) is 0 Å².